The summed E-state index contributed by atoms with van der Waals surface area (Å²) in [5, 5.41) is 11.0. The van der Waals surface area contributed by atoms with E-state index in [1.807, 2.05) is 43.3 Å². The number of hydrogen-bond acceptors (Lipinski definition) is 3. The molecule has 5 heteroatoms. The fraction of sp³-hybridized carbons (Fsp3) is 0.136. The molecule has 4 rings (SSSR count). The first-order chi connectivity index (χ1) is 13.2. The minimum absolute atomic E-state index is 0.0648. The van der Waals surface area contributed by atoms with E-state index < -0.39 is 0 Å². The molecule has 2 aromatic heterocycles. The van der Waals surface area contributed by atoms with Gasteiger partial charge in [0.05, 0.1) is 5.56 Å². The first kappa shape index (κ1) is 17.0. The molecule has 27 heavy (non-hydrogen) atoms. The number of benzene rings is 2. The highest BCUT2D eigenvalue weighted by atomic mass is 16.1. The van der Waals surface area contributed by atoms with Crippen LogP contribution in [0, 0.1) is 0 Å². The van der Waals surface area contributed by atoms with E-state index in [-0.39, 0.29) is 17.9 Å². The molecule has 0 bridgehead atoms. The summed E-state index contributed by atoms with van der Waals surface area (Å²) in [7, 11) is 0. The zero-order valence-corrected chi connectivity index (χ0v) is 15.0. The van der Waals surface area contributed by atoms with Crippen LogP contribution in [0.3, 0.4) is 0 Å². The molecule has 2 aromatic carbocycles. The lowest BCUT2D eigenvalue weighted by Crippen LogP contribution is -2.37. The predicted octanol–water partition coefficient (Wildman–Crippen LogP) is 3.68. The molecule has 5 nitrogen and oxygen atoms in total. The Balaban J connectivity index is 1.61. The third-order valence-corrected chi connectivity index (χ3v) is 4.73. The molecule has 134 valence electrons. The average molecular weight is 356 g/mol. The molecule has 0 aliphatic rings. The normalized spacial score (nSPS) is 12.2. The minimum atomic E-state index is -0.116. The van der Waals surface area contributed by atoms with E-state index >= 15 is 0 Å². The van der Waals surface area contributed by atoms with Crippen molar-refractivity contribution in [1.29, 1.82) is 0 Å². The lowest BCUT2D eigenvalue weighted by Gasteiger charge is -2.26. The second-order valence-corrected chi connectivity index (χ2v) is 6.58. The average Bonchev–Trinajstić information content (AvgIpc) is 3.17. The Bertz CT molecular complexity index is 1000. The first-order valence-corrected chi connectivity index (χ1v) is 8.92. The Morgan fingerprint density at radius 1 is 0.926 bits per heavy atom. The predicted molar refractivity (Wildman–Crippen MR) is 105 cm³/mol. The number of amides is 1. The molecule has 0 fully saturated rings. The van der Waals surface area contributed by atoms with Gasteiger partial charge in [-0.15, -0.1) is 10.2 Å². The molecule has 4 aromatic rings. The zero-order chi connectivity index (χ0) is 18.6. The van der Waals surface area contributed by atoms with Crippen LogP contribution >= 0.6 is 0 Å². The van der Waals surface area contributed by atoms with Gasteiger partial charge in [0.1, 0.15) is 6.33 Å². The number of rotatable bonds is 5. The standard InChI is InChI=1S/C22H20N4O/c1-16(24-22(27)19-12-13-20-25-23-15-26(20)14-19)21(17-8-4-2-5-9-17)18-10-6-3-7-11-18/h2-16,21H,1H3,(H,24,27). The van der Waals surface area contributed by atoms with Gasteiger partial charge in [-0.25, -0.2) is 0 Å². The van der Waals surface area contributed by atoms with Crippen molar-refractivity contribution in [3.63, 3.8) is 0 Å². The molecule has 1 unspecified atom stereocenters. The van der Waals surface area contributed by atoms with Gasteiger partial charge in [-0.2, -0.15) is 0 Å². The van der Waals surface area contributed by atoms with Gasteiger partial charge in [-0.05, 0) is 30.2 Å². The Morgan fingerprint density at radius 2 is 1.56 bits per heavy atom. The van der Waals surface area contributed by atoms with Gasteiger partial charge in [0.2, 0.25) is 0 Å². The summed E-state index contributed by atoms with van der Waals surface area (Å²) < 4.78 is 1.74. The summed E-state index contributed by atoms with van der Waals surface area (Å²) in [6, 6.07) is 24.0. The van der Waals surface area contributed by atoms with Crippen molar-refractivity contribution >= 4 is 11.6 Å². The summed E-state index contributed by atoms with van der Waals surface area (Å²) in [5.41, 5.74) is 3.64. The molecular weight excluding hydrogens is 336 g/mol. The molecule has 0 aliphatic heterocycles. The van der Waals surface area contributed by atoms with Crippen LogP contribution in [0.1, 0.15) is 34.3 Å². The Hall–Kier alpha value is -3.47. The second-order valence-electron chi connectivity index (χ2n) is 6.58. The summed E-state index contributed by atoms with van der Waals surface area (Å²) in [4.78, 5) is 12.8. The zero-order valence-electron chi connectivity index (χ0n) is 15.0. The van der Waals surface area contributed by atoms with Crippen LogP contribution in [0.25, 0.3) is 5.65 Å². The van der Waals surface area contributed by atoms with Crippen LogP contribution in [0.2, 0.25) is 0 Å². The van der Waals surface area contributed by atoms with E-state index in [1.165, 1.54) is 11.1 Å². The monoisotopic (exact) mass is 356 g/mol. The molecular formula is C22H20N4O. The highest BCUT2D eigenvalue weighted by Crippen LogP contribution is 2.28. The van der Waals surface area contributed by atoms with Gasteiger partial charge in [0, 0.05) is 18.2 Å². The maximum absolute atomic E-state index is 12.8. The van der Waals surface area contributed by atoms with E-state index in [2.05, 4.69) is 39.8 Å². The van der Waals surface area contributed by atoms with Gasteiger partial charge in [0.15, 0.2) is 5.65 Å². The van der Waals surface area contributed by atoms with Gasteiger partial charge in [-0.3, -0.25) is 9.20 Å². The van der Waals surface area contributed by atoms with Crippen molar-refractivity contribution in [2.24, 2.45) is 0 Å². The lowest BCUT2D eigenvalue weighted by atomic mass is 9.85. The van der Waals surface area contributed by atoms with Crippen molar-refractivity contribution < 1.29 is 4.79 Å². The van der Waals surface area contributed by atoms with Crippen molar-refractivity contribution in [1.82, 2.24) is 19.9 Å². The number of aromatic nitrogens is 3. The smallest absolute Gasteiger partial charge is 0.253 e. The molecule has 1 atom stereocenters. The van der Waals surface area contributed by atoms with Crippen molar-refractivity contribution in [2.75, 3.05) is 0 Å². The molecule has 0 saturated heterocycles. The second kappa shape index (κ2) is 7.41. The molecule has 0 saturated carbocycles. The van der Waals surface area contributed by atoms with E-state index in [4.69, 9.17) is 0 Å². The third-order valence-electron chi connectivity index (χ3n) is 4.73. The van der Waals surface area contributed by atoms with Gasteiger partial charge in [0.25, 0.3) is 5.91 Å². The highest BCUT2D eigenvalue weighted by molar-refractivity contribution is 5.94. The number of fused-ring (bicyclic) bond motifs is 1. The fourth-order valence-electron chi connectivity index (χ4n) is 3.43. The molecule has 1 amide bonds. The molecule has 0 radical (unpaired) electrons. The van der Waals surface area contributed by atoms with Gasteiger partial charge in [-0.1, -0.05) is 60.7 Å². The Kier molecular flexibility index (Phi) is 4.66. The Labute approximate surface area is 157 Å². The molecule has 0 aliphatic carbocycles. The van der Waals surface area contributed by atoms with Crippen molar-refractivity contribution in [3.05, 3.63) is 102 Å². The van der Waals surface area contributed by atoms with Crippen LogP contribution in [0.4, 0.5) is 0 Å². The number of carbonyl (C=O) groups is 1. The number of pyridine rings is 1. The lowest BCUT2D eigenvalue weighted by molar-refractivity contribution is 0.0936. The quantitative estimate of drug-likeness (QED) is 0.593. The van der Waals surface area contributed by atoms with Crippen LogP contribution in [0.5, 0.6) is 0 Å². The van der Waals surface area contributed by atoms with Crippen LogP contribution in [-0.4, -0.2) is 26.5 Å². The minimum Gasteiger partial charge on any atom is -0.349 e. The Morgan fingerprint density at radius 3 is 2.19 bits per heavy atom. The maximum atomic E-state index is 12.8. The highest BCUT2D eigenvalue weighted by Gasteiger charge is 2.23. The fourth-order valence-corrected chi connectivity index (χ4v) is 3.43. The van der Waals surface area contributed by atoms with Gasteiger partial charge < -0.3 is 5.32 Å². The van der Waals surface area contributed by atoms with Gasteiger partial charge >= 0.3 is 0 Å². The summed E-state index contributed by atoms with van der Waals surface area (Å²) >= 11 is 0. The summed E-state index contributed by atoms with van der Waals surface area (Å²) in [5.74, 6) is -0.0510. The molecule has 2 heterocycles. The van der Waals surface area contributed by atoms with Crippen LogP contribution in [-0.2, 0) is 0 Å². The summed E-state index contributed by atoms with van der Waals surface area (Å²) in [6.45, 7) is 2.04. The number of carbonyl (C=O) groups excluding carboxylic acids is 1. The molecule has 1 N–H and O–H groups in total. The topological polar surface area (TPSA) is 59.3 Å². The number of nitrogens with zero attached hydrogens (tertiary/aromatic N) is 3. The maximum Gasteiger partial charge on any atom is 0.253 e. The van der Waals surface area contributed by atoms with Crippen LogP contribution < -0.4 is 5.32 Å². The van der Waals surface area contributed by atoms with Crippen molar-refractivity contribution in [3.8, 4) is 0 Å². The SMILES string of the molecule is CC(NC(=O)c1ccc2nncn2c1)C(c1ccccc1)c1ccccc1. The largest absolute Gasteiger partial charge is 0.349 e. The number of nitrogens with one attached hydrogen (secondary N) is 1. The van der Waals surface area contributed by atoms with E-state index in [0.29, 0.717) is 11.2 Å². The van der Waals surface area contributed by atoms with E-state index in [0.717, 1.165) is 0 Å². The van der Waals surface area contributed by atoms with E-state index in [1.54, 1.807) is 29.1 Å². The van der Waals surface area contributed by atoms with E-state index in [9.17, 15) is 4.79 Å². The first-order valence-electron chi connectivity index (χ1n) is 8.92. The van der Waals surface area contributed by atoms with Crippen molar-refractivity contribution in [2.45, 2.75) is 18.9 Å². The third kappa shape index (κ3) is 3.58. The number of hydrogen-bond donors (Lipinski definition) is 1. The molecule has 0 spiro atoms. The summed E-state index contributed by atoms with van der Waals surface area (Å²) in [6.07, 6.45) is 3.34. The van der Waals surface area contributed by atoms with Crippen LogP contribution in [0.15, 0.2) is 85.3 Å².